The van der Waals surface area contributed by atoms with Gasteiger partial charge in [-0.2, -0.15) is 5.10 Å². The van der Waals surface area contributed by atoms with E-state index in [1.54, 1.807) is 37.3 Å². The molecule has 0 bridgehead atoms. The first kappa shape index (κ1) is 16.5. The summed E-state index contributed by atoms with van der Waals surface area (Å²) in [4.78, 5) is 23.7. The molecule has 0 saturated heterocycles. The van der Waals surface area contributed by atoms with Crippen LogP contribution >= 0.6 is 11.6 Å². The van der Waals surface area contributed by atoms with Crippen molar-refractivity contribution in [2.24, 2.45) is 0 Å². The maximum atomic E-state index is 12.3. The molecule has 3 rings (SSSR count). The summed E-state index contributed by atoms with van der Waals surface area (Å²) in [6, 6.07) is 8.45. The van der Waals surface area contributed by atoms with Gasteiger partial charge in [0, 0.05) is 17.1 Å². The number of H-pyrrole nitrogens is 1. The number of fused-ring (bicyclic) bond motifs is 1. The molecule has 1 amide bonds. The number of carbonyl (C=O) groups is 1. The summed E-state index contributed by atoms with van der Waals surface area (Å²) in [5, 5.41) is 10.0. The van der Waals surface area contributed by atoms with E-state index >= 15 is 0 Å². The summed E-state index contributed by atoms with van der Waals surface area (Å²) in [7, 11) is 0. The molecule has 0 spiro atoms. The fraction of sp³-hybridized carbons (Fsp3) is 0.353. The van der Waals surface area contributed by atoms with Crippen LogP contribution in [0, 0.1) is 0 Å². The van der Waals surface area contributed by atoms with Crippen LogP contribution in [0.1, 0.15) is 24.6 Å². The van der Waals surface area contributed by atoms with Gasteiger partial charge < -0.3 is 10.1 Å². The van der Waals surface area contributed by atoms with Crippen molar-refractivity contribution < 1.29 is 9.53 Å². The average molecular weight is 348 g/mol. The average Bonchev–Trinajstić information content (AvgIpc) is 2.54. The first-order valence-electron chi connectivity index (χ1n) is 7.81. The van der Waals surface area contributed by atoms with Crippen LogP contribution in [0.5, 0.6) is 5.75 Å². The van der Waals surface area contributed by atoms with E-state index in [-0.39, 0.29) is 17.5 Å². The number of aryl methyl sites for hydroxylation is 1. The quantitative estimate of drug-likeness (QED) is 0.884. The van der Waals surface area contributed by atoms with Crippen molar-refractivity contribution in [2.75, 3.05) is 0 Å². The van der Waals surface area contributed by atoms with Gasteiger partial charge in [-0.1, -0.05) is 17.7 Å². The standard InChI is InChI=1S/C17H18ClN3O3/c1-10(24-14-4-2-3-12(18)9-14)17(23)19-13-5-6-15-11(7-13)8-16(22)21-20-15/h2-4,8-10,13H,5-7H2,1H3,(H,19,23)(H,21,22). The fourth-order valence-corrected chi connectivity index (χ4v) is 2.96. The minimum atomic E-state index is -0.637. The molecule has 1 aromatic carbocycles. The Morgan fingerprint density at radius 3 is 3.08 bits per heavy atom. The van der Waals surface area contributed by atoms with Crippen molar-refractivity contribution in [2.45, 2.75) is 38.3 Å². The number of benzene rings is 1. The highest BCUT2D eigenvalue weighted by Gasteiger charge is 2.24. The van der Waals surface area contributed by atoms with E-state index in [1.165, 1.54) is 0 Å². The molecule has 0 fully saturated rings. The second kappa shape index (κ2) is 7.05. The summed E-state index contributed by atoms with van der Waals surface area (Å²) in [6.07, 6.45) is 1.46. The van der Waals surface area contributed by atoms with Gasteiger partial charge in [-0.3, -0.25) is 9.59 Å². The number of amides is 1. The third kappa shape index (κ3) is 3.94. The van der Waals surface area contributed by atoms with Crippen LogP contribution in [0.4, 0.5) is 0 Å². The number of hydrogen-bond donors (Lipinski definition) is 2. The maximum Gasteiger partial charge on any atom is 0.264 e. The number of hydrogen-bond acceptors (Lipinski definition) is 4. The molecule has 6 nitrogen and oxygen atoms in total. The van der Waals surface area contributed by atoms with Crippen LogP contribution in [0.3, 0.4) is 0 Å². The van der Waals surface area contributed by atoms with Gasteiger partial charge in [0.1, 0.15) is 5.75 Å². The van der Waals surface area contributed by atoms with Gasteiger partial charge in [0.2, 0.25) is 0 Å². The highest BCUT2D eigenvalue weighted by Crippen LogP contribution is 2.20. The molecule has 2 unspecified atom stereocenters. The van der Waals surface area contributed by atoms with Crippen molar-refractivity contribution in [1.82, 2.24) is 15.5 Å². The number of nitrogens with zero attached hydrogens (tertiary/aromatic N) is 1. The number of aromatic amines is 1. The molecule has 2 N–H and O–H groups in total. The van der Waals surface area contributed by atoms with Gasteiger partial charge in [-0.25, -0.2) is 5.10 Å². The Labute approximate surface area is 144 Å². The minimum Gasteiger partial charge on any atom is -0.481 e. The Morgan fingerprint density at radius 1 is 1.46 bits per heavy atom. The fourth-order valence-electron chi connectivity index (χ4n) is 2.78. The summed E-state index contributed by atoms with van der Waals surface area (Å²) in [6.45, 7) is 1.69. The third-order valence-electron chi connectivity index (χ3n) is 4.00. The van der Waals surface area contributed by atoms with Crippen LogP contribution in [0.25, 0.3) is 0 Å². The lowest BCUT2D eigenvalue weighted by Crippen LogP contribution is -2.45. The van der Waals surface area contributed by atoms with Crippen LogP contribution < -0.4 is 15.6 Å². The number of ether oxygens (including phenoxy) is 1. The lowest BCUT2D eigenvalue weighted by Gasteiger charge is -2.25. The van der Waals surface area contributed by atoms with Gasteiger partial charge in [0.25, 0.3) is 11.5 Å². The van der Waals surface area contributed by atoms with Crippen LogP contribution in [0.2, 0.25) is 5.02 Å². The molecule has 24 heavy (non-hydrogen) atoms. The molecule has 0 aliphatic heterocycles. The van der Waals surface area contributed by atoms with E-state index in [9.17, 15) is 9.59 Å². The van der Waals surface area contributed by atoms with Crippen LogP contribution in [0.15, 0.2) is 35.1 Å². The van der Waals surface area contributed by atoms with Gasteiger partial charge in [-0.15, -0.1) is 0 Å². The van der Waals surface area contributed by atoms with Crippen molar-refractivity contribution in [3.05, 3.63) is 57.0 Å². The van der Waals surface area contributed by atoms with Crippen molar-refractivity contribution >= 4 is 17.5 Å². The Bertz CT molecular complexity index is 806. The Balaban J connectivity index is 1.59. The molecule has 7 heteroatoms. The molecule has 1 heterocycles. The normalized spacial score (nSPS) is 17.7. The summed E-state index contributed by atoms with van der Waals surface area (Å²) < 4.78 is 5.62. The molecular weight excluding hydrogens is 330 g/mol. The number of rotatable bonds is 4. The Kier molecular flexibility index (Phi) is 4.85. The van der Waals surface area contributed by atoms with Gasteiger partial charge >= 0.3 is 0 Å². The van der Waals surface area contributed by atoms with E-state index in [1.807, 2.05) is 0 Å². The van der Waals surface area contributed by atoms with Gasteiger partial charge in [-0.05, 0) is 49.9 Å². The van der Waals surface area contributed by atoms with E-state index < -0.39 is 6.10 Å². The Morgan fingerprint density at radius 2 is 2.29 bits per heavy atom. The van der Waals surface area contributed by atoms with Crippen molar-refractivity contribution in [3.63, 3.8) is 0 Å². The SMILES string of the molecule is CC(Oc1cccc(Cl)c1)C(=O)NC1CCc2n[nH]c(=O)cc2C1. The zero-order valence-corrected chi connectivity index (χ0v) is 14.0. The zero-order valence-electron chi connectivity index (χ0n) is 13.2. The highest BCUT2D eigenvalue weighted by molar-refractivity contribution is 6.30. The molecule has 0 saturated carbocycles. The van der Waals surface area contributed by atoms with Crippen molar-refractivity contribution in [1.29, 1.82) is 0 Å². The molecule has 2 atom stereocenters. The predicted molar refractivity (Wildman–Crippen MR) is 90.4 cm³/mol. The molecule has 1 aliphatic carbocycles. The lowest BCUT2D eigenvalue weighted by atomic mass is 9.92. The van der Waals surface area contributed by atoms with E-state index in [4.69, 9.17) is 16.3 Å². The maximum absolute atomic E-state index is 12.3. The van der Waals surface area contributed by atoms with E-state index in [2.05, 4.69) is 15.5 Å². The van der Waals surface area contributed by atoms with Crippen molar-refractivity contribution in [3.8, 4) is 5.75 Å². The number of aromatic nitrogens is 2. The topological polar surface area (TPSA) is 84.1 Å². The second-order valence-corrected chi connectivity index (χ2v) is 6.31. The van der Waals surface area contributed by atoms with E-state index in [0.717, 1.165) is 24.1 Å². The summed E-state index contributed by atoms with van der Waals surface area (Å²) in [5.74, 6) is 0.357. The number of nitrogens with one attached hydrogen (secondary N) is 2. The molecule has 1 aromatic heterocycles. The third-order valence-corrected chi connectivity index (χ3v) is 4.23. The number of carbonyl (C=O) groups excluding carboxylic acids is 1. The predicted octanol–water partition coefficient (Wildman–Crippen LogP) is 1.86. The van der Waals surface area contributed by atoms with E-state index in [0.29, 0.717) is 17.2 Å². The second-order valence-electron chi connectivity index (χ2n) is 5.87. The molecular formula is C17H18ClN3O3. The monoisotopic (exact) mass is 347 g/mol. The summed E-state index contributed by atoms with van der Waals surface area (Å²) >= 11 is 5.91. The lowest BCUT2D eigenvalue weighted by molar-refractivity contribution is -0.128. The Hall–Kier alpha value is -2.34. The first-order chi connectivity index (χ1) is 11.5. The van der Waals surface area contributed by atoms with Gasteiger partial charge in [0.15, 0.2) is 6.10 Å². The van der Waals surface area contributed by atoms with Gasteiger partial charge in [0.05, 0.1) is 5.69 Å². The molecule has 2 aromatic rings. The molecule has 1 aliphatic rings. The van der Waals surface area contributed by atoms with Crippen LogP contribution in [-0.2, 0) is 17.6 Å². The largest absolute Gasteiger partial charge is 0.481 e. The number of halogens is 1. The summed E-state index contributed by atoms with van der Waals surface area (Å²) in [5.41, 5.74) is 1.56. The minimum absolute atomic E-state index is 0.0287. The highest BCUT2D eigenvalue weighted by atomic mass is 35.5. The molecule has 126 valence electrons. The first-order valence-corrected chi connectivity index (χ1v) is 8.19. The smallest absolute Gasteiger partial charge is 0.264 e. The van der Waals surface area contributed by atoms with Crippen LogP contribution in [-0.4, -0.2) is 28.3 Å². The zero-order chi connectivity index (χ0) is 17.1. The molecule has 0 radical (unpaired) electrons.